The van der Waals surface area contributed by atoms with Gasteiger partial charge in [0.05, 0.1) is 23.1 Å². The van der Waals surface area contributed by atoms with Crippen molar-refractivity contribution in [1.29, 1.82) is 0 Å². The van der Waals surface area contributed by atoms with Crippen molar-refractivity contribution in [2.45, 2.75) is 19.5 Å². The number of carbonyl (C=O) groups excluding carboxylic acids is 1. The van der Waals surface area contributed by atoms with E-state index < -0.39 is 16.9 Å². The van der Waals surface area contributed by atoms with Gasteiger partial charge in [0.25, 0.3) is 17.2 Å². The summed E-state index contributed by atoms with van der Waals surface area (Å²) in [6.07, 6.45) is 1.47. The Morgan fingerprint density at radius 2 is 1.93 bits per heavy atom. The molecule has 2 aromatic carbocycles. The molecular weight excluding hydrogens is 394 g/mol. The number of nitrogens with zero attached hydrogens (tertiary/aromatic N) is 2. The molecule has 3 aromatic rings. The monoisotopic (exact) mass is 411 g/mol. The van der Waals surface area contributed by atoms with Gasteiger partial charge in [-0.05, 0) is 30.2 Å². The molecule has 8 heteroatoms. The third-order valence-corrected chi connectivity index (χ3v) is 4.84. The second kappa shape index (κ2) is 8.70. The number of carbonyl (C=O) groups is 1. The molecule has 0 aliphatic rings. The number of hydrogen-bond acceptors (Lipinski definition) is 4. The van der Waals surface area contributed by atoms with Crippen molar-refractivity contribution in [2.75, 3.05) is 0 Å². The first-order chi connectivity index (χ1) is 13.8. The van der Waals surface area contributed by atoms with E-state index in [-0.39, 0.29) is 17.8 Å². The van der Waals surface area contributed by atoms with E-state index >= 15 is 0 Å². The fourth-order valence-corrected chi connectivity index (χ4v) is 3.07. The molecular formula is C21H18ClN3O4. The molecule has 7 nitrogen and oxygen atoms in total. The Bertz CT molecular complexity index is 1130. The highest BCUT2D eigenvalue weighted by Crippen LogP contribution is 2.19. The maximum atomic E-state index is 12.6. The number of nitro groups is 1. The van der Waals surface area contributed by atoms with Crippen LogP contribution in [-0.2, 0) is 6.54 Å². The van der Waals surface area contributed by atoms with Crippen molar-refractivity contribution in [3.63, 3.8) is 0 Å². The van der Waals surface area contributed by atoms with Crippen LogP contribution in [0.3, 0.4) is 0 Å². The Labute approximate surface area is 171 Å². The minimum Gasteiger partial charge on any atom is -0.345 e. The lowest BCUT2D eigenvalue weighted by Crippen LogP contribution is -2.29. The van der Waals surface area contributed by atoms with Crippen LogP contribution in [0.1, 0.15) is 34.5 Å². The number of hydrogen-bond donors (Lipinski definition) is 1. The Morgan fingerprint density at radius 3 is 2.66 bits per heavy atom. The highest BCUT2D eigenvalue weighted by atomic mass is 35.5. The minimum atomic E-state index is -0.483. The summed E-state index contributed by atoms with van der Waals surface area (Å²) in [6, 6.07) is 15.6. The molecule has 148 valence electrons. The highest BCUT2D eigenvalue weighted by molar-refractivity contribution is 6.31. The number of non-ortho nitro benzene ring substituents is 1. The van der Waals surface area contributed by atoms with Gasteiger partial charge in [-0.25, -0.2) is 0 Å². The number of amides is 1. The second-order valence-corrected chi connectivity index (χ2v) is 6.93. The lowest BCUT2D eigenvalue weighted by Gasteiger charge is -2.15. The largest absolute Gasteiger partial charge is 0.345 e. The van der Waals surface area contributed by atoms with E-state index in [1.165, 1.54) is 35.0 Å². The van der Waals surface area contributed by atoms with Gasteiger partial charge in [-0.2, -0.15) is 0 Å². The summed E-state index contributed by atoms with van der Waals surface area (Å²) >= 11 is 6.16. The molecule has 3 rings (SSSR count). The molecule has 0 fully saturated rings. The molecule has 1 atom stereocenters. The number of aromatic nitrogens is 1. The zero-order valence-electron chi connectivity index (χ0n) is 15.5. The van der Waals surface area contributed by atoms with Gasteiger partial charge in [-0.3, -0.25) is 19.7 Å². The topological polar surface area (TPSA) is 94.2 Å². The van der Waals surface area contributed by atoms with Gasteiger partial charge in [-0.15, -0.1) is 0 Å². The number of nitrogens with one attached hydrogen (secondary N) is 1. The number of rotatable bonds is 6. The van der Waals surface area contributed by atoms with Crippen molar-refractivity contribution in [2.24, 2.45) is 0 Å². The van der Waals surface area contributed by atoms with Crippen LogP contribution in [0.2, 0.25) is 5.02 Å². The van der Waals surface area contributed by atoms with Gasteiger partial charge in [0.2, 0.25) is 0 Å². The first-order valence-corrected chi connectivity index (χ1v) is 9.22. The highest BCUT2D eigenvalue weighted by Gasteiger charge is 2.15. The predicted molar refractivity (Wildman–Crippen MR) is 110 cm³/mol. The summed E-state index contributed by atoms with van der Waals surface area (Å²) in [6.45, 7) is 1.97. The van der Waals surface area contributed by atoms with Crippen molar-refractivity contribution in [3.8, 4) is 0 Å². The van der Waals surface area contributed by atoms with E-state index in [4.69, 9.17) is 11.6 Å². The van der Waals surface area contributed by atoms with E-state index in [0.29, 0.717) is 16.1 Å². The first-order valence-electron chi connectivity index (χ1n) is 8.84. The predicted octanol–water partition coefficient (Wildman–Crippen LogP) is 3.95. The zero-order valence-corrected chi connectivity index (χ0v) is 16.3. The Balaban J connectivity index is 1.79. The average Bonchev–Trinajstić information content (AvgIpc) is 2.71. The zero-order chi connectivity index (χ0) is 21.0. The molecule has 1 heterocycles. The van der Waals surface area contributed by atoms with E-state index in [9.17, 15) is 19.7 Å². The van der Waals surface area contributed by atoms with E-state index in [2.05, 4.69) is 5.32 Å². The van der Waals surface area contributed by atoms with Crippen molar-refractivity contribution in [3.05, 3.63) is 109 Å². The van der Waals surface area contributed by atoms with Gasteiger partial charge >= 0.3 is 0 Å². The normalized spacial score (nSPS) is 11.7. The van der Waals surface area contributed by atoms with Gasteiger partial charge in [0.1, 0.15) is 0 Å². The number of benzene rings is 2. The molecule has 1 aromatic heterocycles. The van der Waals surface area contributed by atoms with Crippen LogP contribution in [0, 0.1) is 10.1 Å². The molecule has 1 unspecified atom stereocenters. The van der Waals surface area contributed by atoms with Gasteiger partial charge in [-0.1, -0.05) is 41.9 Å². The first kappa shape index (κ1) is 20.3. The van der Waals surface area contributed by atoms with Gasteiger partial charge in [0.15, 0.2) is 0 Å². The molecule has 1 N–H and O–H groups in total. The third-order valence-electron chi connectivity index (χ3n) is 4.47. The van der Waals surface area contributed by atoms with Gasteiger partial charge in [0, 0.05) is 29.4 Å². The molecule has 1 amide bonds. The van der Waals surface area contributed by atoms with Crippen molar-refractivity contribution < 1.29 is 9.72 Å². The van der Waals surface area contributed by atoms with Crippen LogP contribution in [-0.4, -0.2) is 15.4 Å². The van der Waals surface area contributed by atoms with Crippen LogP contribution < -0.4 is 10.9 Å². The van der Waals surface area contributed by atoms with E-state index in [1.807, 2.05) is 12.1 Å². The Morgan fingerprint density at radius 1 is 1.17 bits per heavy atom. The maximum absolute atomic E-state index is 12.6. The van der Waals surface area contributed by atoms with Crippen LogP contribution in [0.15, 0.2) is 71.7 Å². The van der Waals surface area contributed by atoms with Crippen molar-refractivity contribution in [1.82, 2.24) is 9.88 Å². The number of pyridine rings is 1. The summed E-state index contributed by atoms with van der Waals surface area (Å²) in [5, 5.41) is 14.3. The quantitative estimate of drug-likeness (QED) is 0.490. The number of halogens is 1. The number of nitro benzene ring substituents is 1. The van der Waals surface area contributed by atoms with Crippen LogP contribution in [0.5, 0.6) is 0 Å². The summed E-state index contributed by atoms with van der Waals surface area (Å²) < 4.78 is 1.41. The summed E-state index contributed by atoms with van der Waals surface area (Å²) in [5.74, 6) is -0.392. The fraction of sp³-hybridized carbons (Fsp3) is 0.143. The van der Waals surface area contributed by atoms with E-state index in [0.717, 1.165) is 5.56 Å². The average molecular weight is 412 g/mol. The minimum absolute atomic E-state index is 0.0445. The molecule has 0 saturated heterocycles. The Hall–Kier alpha value is -3.45. The summed E-state index contributed by atoms with van der Waals surface area (Å²) in [4.78, 5) is 35.3. The second-order valence-electron chi connectivity index (χ2n) is 6.52. The molecule has 0 bridgehead atoms. The third kappa shape index (κ3) is 4.89. The maximum Gasteiger partial charge on any atom is 0.269 e. The smallest absolute Gasteiger partial charge is 0.269 e. The van der Waals surface area contributed by atoms with Crippen molar-refractivity contribution >= 4 is 23.2 Å². The van der Waals surface area contributed by atoms with Crippen LogP contribution in [0.25, 0.3) is 0 Å². The molecule has 29 heavy (non-hydrogen) atoms. The standard InChI is InChI=1S/C21H18ClN3O4/c1-14(15-6-4-7-18(11-15)25(28)29)23-21(27)17-9-10-20(26)24(13-17)12-16-5-2-3-8-19(16)22/h2-11,13-14H,12H2,1H3,(H,23,27). The Kier molecular flexibility index (Phi) is 6.09. The molecule has 0 aliphatic heterocycles. The molecule has 0 radical (unpaired) electrons. The molecule has 0 saturated carbocycles. The summed E-state index contributed by atoms with van der Waals surface area (Å²) in [7, 11) is 0. The van der Waals surface area contributed by atoms with Crippen LogP contribution >= 0.6 is 11.6 Å². The fourth-order valence-electron chi connectivity index (χ4n) is 2.87. The summed E-state index contributed by atoms with van der Waals surface area (Å²) in [5.41, 5.74) is 1.37. The SMILES string of the molecule is CC(NC(=O)c1ccc(=O)n(Cc2ccccc2Cl)c1)c1cccc([N+](=O)[O-])c1. The van der Waals surface area contributed by atoms with Crippen LogP contribution in [0.4, 0.5) is 5.69 Å². The van der Waals surface area contributed by atoms with E-state index in [1.54, 1.807) is 31.2 Å². The molecule has 0 spiro atoms. The molecule has 0 aliphatic carbocycles. The lowest BCUT2D eigenvalue weighted by molar-refractivity contribution is -0.384. The lowest BCUT2D eigenvalue weighted by atomic mass is 10.1. The van der Waals surface area contributed by atoms with Gasteiger partial charge < -0.3 is 9.88 Å².